The number of rotatable bonds is 3. The third-order valence-corrected chi connectivity index (χ3v) is 1.64. The summed E-state index contributed by atoms with van der Waals surface area (Å²) in [5.74, 6) is 0. The normalized spacial score (nSPS) is 10.1. The van der Waals surface area contributed by atoms with Crippen LogP contribution in [-0.2, 0) is 11.5 Å². The largest absolute Gasteiger partial charge is 0.350 e. The van der Waals surface area contributed by atoms with Crippen molar-refractivity contribution in [3.8, 4) is 0 Å². The van der Waals surface area contributed by atoms with E-state index >= 15 is 0 Å². The molecule has 1 aromatic heterocycles. The Bertz CT molecular complexity index is 356. The summed E-state index contributed by atoms with van der Waals surface area (Å²) < 4.78 is 6.75. The van der Waals surface area contributed by atoms with Crippen LogP contribution in [0, 0.1) is 0 Å². The van der Waals surface area contributed by atoms with Gasteiger partial charge in [0, 0.05) is 12.3 Å². The van der Waals surface area contributed by atoms with Crippen molar-refractivity contribution in [2.24, 2.45) is 0 Å². The van der Waals surface area contributed by atoms with Gasteiger partial charge in [-0.25, -0.2) is 4.79 Å². The van der Waals surface area contributed by atoms with Crippen LogP contribution in [0.5, 0.6) is 0 Å². The lowest BCUT2D eigenvalue weighted by atomic mass is 10.6. The SMILES string of the molecule is O=c1ccn(COCI)c(=O)[nH]1. The number of aromatic amines is 1. The minimum Gasteiger partial charge on any atom is -0.350 e. The van der Waals surface area contributed by atoms with Gasteiger partial charge in [-0.05, 0) is 0 Å². The Kier molecular flexibility index (Phi) is 3.48. The number of aromatic nitrogens is 2. The van der Waals surface area contributed by atoms with Crippen LogP contribution in [0.2, 0.25) is 0 Å². The fraction of sp³-hybridized carbons (Fsp3) is 0.333. The second kappa shape index (κ2) is 4.41. The summed E-state index contributed by atoms with van der Waals surface area (Å²) in [7, 11) is 0. The van der Waals surface area contributed by atoms with Gasteiger partial charge in [-0.1, -0.05) is 22.6 Å². The van der Waals surface area contributed by atoms with Crippen LogP contribution in [0.25, 0.3) is 0 Å². The predicted molar refractivity (Wildman–Crippen MR) is 51.3 cm³/mol. The number of hydrogen-bond acceptors (Lipinski definition) is 3. The van der Waals surface area contributed by atoms with Gasteiger partial charge in [0.2, 0.25) is 0 Å². The van der Waals surface area contributed by atoms with Gasteiger partial charge < -0.3 is 4.74 Å². The van der Waals surface area contributed by atoms with Crippen molar-refractivity contribution < 1.29 is 4.74 Å². The lowest BCUT2D eigenvalue weighted by Gasteiger charge is -2.01. The third kappa shape index (κ3) is 2.45. The number of alkyl halides is 1. The molecule has 0 saturated heterocycles. The second-order valence-corrected chi connectivity index (χ2v) is 2.65. The quantitative estimate of drug-likeness (QED) is 0.622. The fourth-order valence-corrected chi connectivity index (χ4v) is 0.876. The molecular formula is C6H7IN2O3. The van der Waals surface area contributed by atoms with E-state index in [9.17, 15) is 9.59 Å². The third-order valence-electron chi connectivity index (χ3n) is 1.20. The molecule has 0 atom stereocenters. The molecular weight excluding hydrogens is 275 g/mol. The van der Waals surface area contributed by atoms with E-state index in [1.165, 1.54) is 16.8 Å². The van der Waals surface area contributed by atoms with E-state index in [1.54, 1.807) is 0 Å². The molecule has 0 aromatic carbocycles. The number of H-pyrrole nitrogens is 1. The summed E-state index contributed by atoms with van der Waals surface area (Å²) in [6.07, 6.45) is 1.40. The van der Waals surface area contributed by atoms with Gasteiger partial charge in [0.05, 0.1) is 0 Å². The fourth-order valence-electron chi connectivity index (χ4n) is 0.679. The average molecular weight is 282 g/mol. The zero-order chi connectivity index (χ0) is 8.97. The molecule has 0 amide bonds. The number of ether oxygens (including phenoxy) is 1. The number of nitrogens with one attached hydrogen (secondary N) is 1. The van der Waals surface area contributed by atoms with Crippen LogP contribution in [-0.4, -0.2) is 14.2 Å². The van der Waals surface area contributed by atoms with Gasteiger partial charge in [0.15, 0.2) is 0 Å². The highest BCUT2D eigenvalue weighted by Crippen LogP contribution is 1.85. The van der Waals surface area contributed by atoms with Crippen LogP contribution in [0.4, 0.5) is 0 Å². The van der Waals surface area contributed by atoms with E-state index in [-0.39, 0.29) is 6.73 Å². The Labute approximate surface area is 81.5 Å². The highest BCUT2D eigenvalue weighted by Gasteiger charge is 1.93. The Hall–Kier alpha value is -0.630. The lowest BCUT2D eigenvalue weighted by Crippen LogP contribution is -2.29. The first-order valence-corrected chi connectivity index (χ1v) is 4.70. The van der Waals surface area contributed by atoms with Crippen LogP contribution in [0.15, 0.2) is 21.9 Å². The zero-order valence-corrected chi connectivity index (χ0v) is 8.28. The Morgan fingerprint density at radius 1 is 1.58 bits per heavy atom. The topological polar surface area (TPSA) is 64.1 Å². The first kappa shape index (κ1) is 9.46. The molecule has 1 heterocycles. The van der Waals surface area contributed by atoms with Crippen LogP contribution < -0.4 is 11.2 Å². The molecule has 0 aliphatic heterocycles. The summed E-state index contributed by atoms with van der Waals surface area (Å²) in [6.45, 7) is 0.165. The van der Waals surface area contributed by atoms with Crippen molar-refractivity contribution in [3.05, 3.63) is 33.1 Å². The van der Waals surface area contributed by atoms with Crippen molar-refractivity contribution in [1.82, 2.24) is 9.55 Å². The maximum atomic E-state index is 11.0. The molecule has 1 aromatic rings. The van der Waals surface area contributed by atoms with Crippen LogP contribution in [0.3, 0.4) is 0 Å². The maximum Gasteiger partial charge on any atom is 0.330 e. The molecule has 12 heavy (non-hydrogen) atoms. The molecule has 0 aliphatic carbocycles. The van der Waals surface area contributed by atoms with Gasteiger partial charge in [0.25, 0.3) is 5.56 Å². The van der Waals surface area contributed by atoms with Crippen molar-refractivity contribution in [3.63, 3.8) is 0 Å². The van der Waals surface area contributed by atoms with Crippen molar-refractivity contribution >= 4 is 22.6 Å². The molecule has 6 heteroatoms. The molecule has 0 unspecified atom stereocenters. The van der Waals surface area contributed by atoms with Gasteiger partial charge >= 0.3 is 5.69 Å². The molecule has 1 N–H and O–H groups in total. The number of nitrogens with zero attached hydrogens (tertiary/aromatic N) is 1. The van der Waals surface area contributed by atoms with Crippen molar-refractivity contribution in [1.29, 1.82) is 0 Å². The number of hydrogen-bond donors (Lipinski definition) is 1. The smallest absolute Gasteiger partial charge is 0.330 e. The maximum absolute atomic E-state index is 11.0. The van der Waals surface area contributed by atoms with E-state index < -0.39 is 11.2 Å². The monoisotopic (exact) mass is 282 g/mol. The van der Waals surface area contributed by atoms with Gasteiger partial charge in [-0.2, -0.15) is 0 Å². The molecule has 0 saturated carbocycles. The van der Waals surface area contributed by atoms with Gasteiger partial charge in [-0.15, -0.1) is 0 Å². The zero-order valence-electron chi connectivity index (χ0n) is 6.12. The van der Waals surface area contributed by atoms with Crippen LogP contribution >= 0.6 is 22.6 Å². The van der Waals surface area contributed by atoms with E-state index in [1.807, 2.05) is 22.6 Å². The van der Waals surface area contributed by atoms with Crippen molar-refractivity contribution in [2.45, 2.75) is 6.73 Å². The molecule has 5 nitrogen and oxygen atoms in total. The van der Waals surface area contributed by atoms with Crippen LogP contribution in [0.1, 0.15) is 0 Å². The Morgan fingerprint density at radius 3 is 2.92 bits per heavy atom. The highest BCUT2D eigenvalue weighted by atomic mass is 127. The summed E-state index contributed by atoms with van der Waals surface area (Å²) >= 11 is 2.02. The Balaban J connectivity index is 2.87. The van der Waals surface area contributed by atoms with E-state index in [0.717, 1.165) is 0 Å². The van der Waals surface area contributed by atoms with Gasteiger partial charge in [0.1, 0.15) is 11.3 Å². The minimum absolute atomic E-state index is 0.165. The predicted octanol–water partition coefficient (Wildman–Crippen LogP) is -0.0968. The summed E-state index contributed by atoms with van der Waals surface area (Å²) in [5, 5.41) is 0. The van der Waals surface area contributed by atoms with Crippen molar-refractivity contribution in [2.75, 3.05) is 4.61 Å². The first-order valence-electron chi connectivity index (χ1n) is 3.17. The highest BCUT2D eigenvalue weighted by molar-refractivity contribution is 14.1. The summed E-state index contributed by atoms with van der Waals surface area (Å²) in [4.78, 5) is 23.7. The Morgan fingerprint density at radius 2 is 2.33 bits per heavy atom. The molecule has 66 valence electrons. The molecule has 0 fully saturated rings. The van der Waals surface area contributed by atoms with E-state index in [2.05, 4.69) is 4.98 Å². The molecule has 0 bridgehead atoms. The minimum atomic E-state index is -0.452. The molecule has 0 radical (unpaired) electrons. The lowest BCUT2D eigenvalue weighted by molar-refractivity contribution is 0.120. The summed E-state index contributed by atoms with van der Waals surface area (Å²) in [6, 6.07) is 1.28. The first-order chi connectivity index (χ1) is 5.74. The number of halogens is 1. The standard InChI is InChI=1S/C6H7IN2O3/c7-3-12-4-9-2-1-5(10)8-6(9)11/h1-2H,3-4H2,(H,8,10,11). The van der Waals surface area contributed by atoms with Gasteiger partial charge in [-0.3, -0.25) is 14.3 Å². The van der Waals surface area contributed by atoms with E-state index in [0.29, 0.717) is 4.61 Å². The van der Waals surface area contributed by atoms with E-state index in [4.69, 9.17) is 4.74 Å². The average Bonchev–Trinajstić information content (AvgIpc) is 2.03. The summed E-state index contributed by atoms with van der Waals surface area (Å²) in [5.41, 5.74) is -0.849. The second-order valence-electron chi connectivity index (χ2n) is 2.02. The molecule has 0 spiro atoms. The molecule has 0 aliphatic rings. The molecule has 1 rings (SSSR count).